The van der Waals surface area contributed by atoms with Crippen LogP contribution in [0, 0.1) is 7.14 Å². The lowest BCUT2D eigenvalue weighted by Gasteiger charge is -2.15. The van der Waals surface area contributed by atoms with E-state index in [0.717, 1.165) is 18.3 Å². The predicted octanol–water partition coefficient (Wildman–Crippen LogP) is 6.87. The molecule has 0 atom stereocenters. The Morgan fingerprint density at radius 3 is 2.55 bits per heavy atom. The molecule has 33 heavy (non-hydrogen) atoms. The van der Waals surface area contributed by atoms with Crippen molar-refractivity contribution in [1.29, 1.82) is 0 Å². The summed E-state index contributed by atoms with van der Waals surface area (Å²) in [7, 11) is 0. The fraction of sp³-hybridized carbons (Fsp3) is 0.120. The van der Waals surface area contributed by atoms with E-state index in [0.29, 0.717) is 35.3 Å². The first-order valence-electron chi connectivity index (χ1n) is 10.1. The highest BCUT2D eigenvalue weighted by Gasteiger charge is 2.24. The number of carbonyl (C=O) groups excluding carboxylic acids is 1. The number of ether oxygens (including phenoxy) is 3. The van der Waals surface area contributed by atoms with Crippen LogP contribution in [0.5, 0.6) is 11.5 Å². The molecule has 0 saturated heterocycles. The van der Waals surface area contributed by atoms with Crippen molar-refractivity contribution in [3.8, 4) is 11.5 Å². The normalized spacial score (nSPS) is 14.2. The van der Waals surface area contributed by atoms with E-state index in [1.54, 1.807) is 18.2 Å². The van der Waals surface area contributed by atoms with E-state index in [9.17, 15) is 4.79 Å². The van der Waals surface area contributed by atoms with Crippen molar-refractivity contribution in [3.05, 3.63) is 95.2 Å². The fourth-order valence-corrected chi connectivity index (χ4v) is 4.30. The first kappa shape index (κ1) is 24.0. The Labute approximate surface area is 224 Å². The summed E-state index contributed by atoms with van der Waals surface area (Å²) in [6.45, 7) is 2.68. The highest BCUT2D eigenvalue weighted by Crippen LogP contribution is 2.38. The van der Waals surface area contributed by atoms with Gasteiger partial charge < -0.3 is 14.2 Å². The van der Waals surface area contributed by atoms with Gasteiger partial charge >= 0.3 is 5.97 Å². The summed E-state index contributed by atoms with van der Waals surface area (Å²) in [6.07, 6.45) is 1.63. The minimum absolute atomic E-state index is 0.189. The molecule has 3 aromatic carbocycles. The van der Waals surface area contributed by atoms with Crippen LogP contribution in [-0.2, 0) is 16.1 Å². The minimum atomic E-state index is -0.517. The van der Waals surface area contributed by atoms with Crippen LogP contribution < -0.4 is 9.47 Å². The summed E-state index contributed by atoms with van der Waals surface area (Å²) < 4.78 is 19.3. The number of cyclic esters (lactones) is 1. The average Bonchev–Trinajstić information content (AvgIpc) is 3.15. The maximum absolute atomic E-state index is 12.4. The molecule has 0 fully saturated rings. The maximum Gasteiger partial charge on any atom is 0.363 e. The zero-order valence-electron chi connectivity index (χ0n) is 17.5. The van der Waals surface area contributed by atoms with Gasteiger partial charge in [-0.1, -0.05) is 29.8 Å². The number of esters is 1. The Hall–Kier alpha value is -2.11. The second-order valence-corrected chi connectivity index (χ2v) is 9.80. The third-order valence-corrected chi connectivity index (χ3v) is 6.73. The van der Waals surface area contributed by atoms with Crippen molar-refractivity contribution < 1.29 is 19.0 Å². The van der Waals surface area contributed by atoms with Gasteiger partial charge in [-0.25, -0.2) is 9.79 Å². The van der Waals surface area contributed by atoms with Gasteiger partial charge in [0.2, 0.25) is 5.90 Å². The molecule has 1 heterocycles. The first-order valence-corrected chi connectivity index (χ1v) is 12.6. The van der Waals surface area contributed by atoms with Gasteiger partial charge in [0.05, 0.1) is 11.6 Å². The first-order chi connectivity index (χ1) is 15.9. The molecule has 0 saturated carbocycles. The van der Waals surface area contributed by atoms with Gasteiger partial charge in [0.1, 0.15) is 6.61 Å². The van der Waals surface area contributed by atoms with Crippen LogP contribution in [0.15, 0.2) is 71.4 Å². The lowest BCUT2D eigenvalue weighted by molar-refractivity contribution is -0.129. The molecule has 1 aliphatic heterocycles. The van der Waals surface area contributed by atoms with Crippen molar-refractivity contribution >= 4 is 74.7 Å². The third kappa shape index (κ3) is 5.88. The van der Waals surface area contributed by atoms with Crippen LogP contribution in [0.2, 0.25) is 5.02 Å². The summed E-state index contributed by atoms with van der Waals surface area (Å²) in [5.74, 6) is 0.709. The largest absolute Gasteiger partial charge is 0.490 e. The highest BCUT2D eigenvalue weighted by atomic mass is 127. The topological polar surface area (TPSA) is 57.1 Å². The quantitative estimate of drug-likeness (QED) is 0.155. The Balaban J connectivity index is 1.61. The molecule has 0 amide bonds. The standard InChI is InChI=1S/C25H18ClI2NO4/c1-2-31-22-13-15(11-19(26)23(22)32-14-17-5-3-4-6-20(17)28)12-21-25(30)33-24(29-21)16-7-9-18(27)10-8-16/h3-13H,2,14H2,1H3/b21-12-. The number of aliphatic imine (C=N–C) groups is 1. The van der Waals surface area contributed by atoms with E-state index in [1.807, 2.05) is 55.5 Å². The SMILES string of the molecule is CCOc1cc(/C=C2\N=C(c3ccc(I)cc3)OC2=O)cc(Cl)c1OCc1ccccc1I. The molecule has 5 nitrogen and oxygen atoms in total. The number of nitrogens with zero attached hydrogens (tertiary/aromatic N) is 1. The van der Waals surface area contributed by atoms with Crippen LogP contribution in [-0.4, -0.2) is 18.5 Å². The molecule has 1 aliphatic rings. The number of halogens is 3. The molecular weight excluding hydrogens is 668 g/mol. The smallest absolute Gasteiger partial charge is 0.363 e. The molecule has 0 unspecified atom stereocenters. The summed E-state index contributed by atoms with van der Waals surface area (Å²) in [5.41, 5.74) is 2.63. The second kappa shape index (κ2) is 10.9. The second-order valence-electron chi connectivity index (χ2n) is 6.99. The molecule has 3 aromatic rings. The van der Waals surface area contributed by atoms with Gasteiger partial charge in [-0.3, -0.25) is 0 Å². The molecule has 0 bridgehead atoms. The van der Waals surface area contributed by atoms with Gasteiger partial charge in [-0.2, -0.15) is 0 Å². The fourth-order valence-electron chi connectivity index (χ4n) is 3.12. The zero-order chi connectivity index (χ0) is 23.4. The van der Waals surface area contributed by atoms with Gasteiger partial charge in [-0.05, 0) is 106 Å². The Bertz CT molecular complexity index is 1260. The predicted molar refractivity (Wildman–Crippen MR) is 146 cm³/mol. The Morgan fingerprint density at radius 2 is 1.82 bits per heavy atom. The molecule has 0 N–H and O–H groups in total. The molecular formula is C25H18ClI2NO4. The number of rotatable bonds is 7. The monoisotopic (exact) mass is 685 g/mol. The van der Waals surface area contributed by atoms with Crippen molar-refractivity contribution in [3.63, 3.8) is 0 Å². The molecule has 168 valence electrons. The van der Waals surface area contributed by atoms with Gasteiger partial charge in [0.15, 0.2) is 17.2 Å². The summed E-state index contributed by atoms with van der Waals surface area (Å²) >= 11 is 11.0. The number of hydrogen-bond donors (Lipinski definition) is 0. The van der Waals surface area contributed by atoms with Crippen LogP contribution in [0.3, 0.4) is 0 Å². The summed E-state index contributed by atoms with van der Waals surface area (Å²) in [5, 5.41) is 0.381. The van der Waals surface area contributed by atoms with Gasteiger partial charge in [0, 0.05) is 18.3 Å². The molecule has 0 aliphatic carbocycles. The van der Waals surface area contributed by atoms with Crippen molar-refractivity contribution in [2.45, 2.75) is 13.5 Å². The van der Waals surface area contributed by atoms with E-state index in [-0.39, 0.29) is 11.6 Å². The van der Waals surface area contributed by atoms with Crippen LogP contribution >= 0.6 is 56.8 Å². The summed E-state index contributed by atoms with van der Waals surface area (Å²) in [4.78, 5) is 16.8. The van der Waals surface area contributed by atoms with Gasteiger partial charge in [0.25, 0.3) is 0 Å². The van der Waals surface area contributed by atoms with E-state index in [1.165, 1.54) is 0 Å². The Morgan fingerprint density at radius 1 is 1.06 bits per heavy atom. The number of hydrogen-bond acceptors (Lipinski definition) is 5. The van der Waals surface area contributed by atoms with Crippen molar-refractivity contribution in [2.75, 3.05) is 6.61 Å². The molecule has 8 heteroatoms. The Kier molecular flexibility index (Phi) is 7.92. The van der Waals surface area contributed by atoms with E-state index < -0.39 is 5.97 Å². The third-order valence-electron chi connectivity index (χ3n) is 4.68. The minimum Gasteiger partial charge on any atom is -0.490 e. The molecule has 4 rings (SSSR count). The van der Waals surface area contributed by atoms with E-state index in [2.05, 4.69) is 50.2 Å². The maximum atomic E-state index is 12.4. The van der Waals surface area contributed by atoms with Crippen LogP contribution in [0.4, 0.5) is 0 Å². The zero-order valence-corrected chi connectivity index (χ0v) is 22.6. The van der Waals surface area contributed by atoms with Crippen LogP contribution in [0.25, 0.3) is 6.08 Å². The average molecular weight is 686 g/mol. The van der Waals surface area contributed by atoms with Crippen LogP contribution in [0.1, 0.15) is 23.6 Å². The molecule has 0 spiro atoms. The number of benzene rings is 3. The summed E-state index contributed by atoms with van der Waals surface area (Å²) in [6, 6.07) is 19.0. The lowest BCUT2D eigenvalue weighted by atomic mass is 10.1. The van der Waals surface area contributed by atoms with Crippen molar-refractivity contribution in [2.24, 2.45) is 4.99 Å². The molecule has 0 aromatic heterocycles. The lowest BCUT2D eigenvalue weighted by Crippen LogP contribution is -2.05. The highest BCUT2D eigenvalue weighted by molar-refractivity contribution is 14.1. The van der Waals surface area contributed by atoms with E-state index >= 15 is 0 Å². The molecule has 0 radical (unpaired) electrons. The van der Waals surface area contributed by atoms with Crippen molar-refractivity contribution in [1.82, 2.24) is 0 Å². The van der Waals surface area contributed by atoms with Gasteiger partial charge in [-0.15, -0.1) is 0 Å². The number of carbonyl (C=O) groups is 1. The van der Waals surface area contributed by atoms with E-state index in [4.69, 9.17) is 25.8 Å².